The highest BCUT2D eigenvalue weighted by Gasteiger charge is 2.23. The predicted molar refractivity (Wildman–Crippen MR) is 76.5 cm³/mol. The highest BCUT2D eigenvalue weighted by molar-refractivity contribution is 9.10. The molecular formula is C12H14BrNO5S. The van der Waals surface area contributed by atoms with Crippen LogP contribution in [0.4, 0.5) is 0 Å². The average Bonchev–Trinajstić information content (AvgIpc) is 2.36. The van der Waals surface area contributed by atoms with E-state index >= 15 is 0 Å². The standard InChI is InChI=1S/C12H14BrNO5S/c1-3-14(2)11(15)7-20(18,19)8-4-5-10(13)9(6-8)12(16)17/h4-6H,3,7H2,1-2H3,(H,16,17). The fourth-order valence-corrected chi connectivity index (χ4v) is 3.10. The Hall–Kier alpha value is -1.41. The van der Waals surface area contributed by atoms with E-state index in [2.05, 4.69) is 15.9 Å². The molecule has 0 radical (unpaired) electrons. The maximum Gasteiger partial charge on any atom is 0.336 e. The van der Waals surface area contributed by atoms with Crippen LogP contribution < -0.4 is 0 Å². The molecule has 0 aliphatic carbocycles. The van der Waals surface area contributed by atoms with E-state index in [9.17, 15) is 18.0 Å². The molecule has 110 valence electrons. The van der Waals surface area contributed by atoms with Gasteiger partial charge in [-0.1, -0.05) is 0 Å². The molecule has 0 aliphatic heterocycles. The van der Waals surface area contributed by atoms with Crippen LogP contribution in [0.15, 0.2) is 27.6 Å². The summed E-state index contributed by atoms with van der Waals surface area (Å²) >= 11 is 3.03. The van der Waals surface area contributed by atoms with Gasteiger partial charge in [-0.3, -0.25) is 4.79 Å². The SMILES string of the molecule is CCN(C)C(=O)CS(=O)(=O)c1ccc(Br)c(C(=O)O)c1. The monoisotopic (exact) mass is 363 g/mol. The first-order valence-corrected chi connectivity index (χ1v) is 8.13. The number of carboxylic acids is 1. The van der Waals surface area contributed by atoms with Gasteiger partial charge in [-0.05, 0) is 41.1 Å². The minimum atomic E-state index is -3.86. The normalized spacial score (nSPS) is 11.2. The summed E-state index contributed by atoms with van der Waals surface area (Å²) in [7, 11) is -2.36. The van der Waals surface area contributed by atoms with E-state index in [4.69, 9.17) is 5.11 Å². The minimum absolute atomic E-state index is 0.164. The number of carboxylic acid groups (broad SMARTS) is 1. The molecule has 0 heterocycles. The highest BCUT2D eigenvalue weighted by Crippen LogP contribution is 2.22. The Morgan fingerprint density at radius 2 is 1.95 bits per heavy atom. The molecular weight excluding hydrogens is 350 g/mol. The van der Waals surface area contributed by atoms with Crippen molar-refractivity contribution in [1.82, 2.24) is 4.90 Å². The van der Waals surface area contributed by atoms with Gasteiger partial charge in [0.05, 0.1) is 10.5 Å². The van der Waals surface area contributed by atoms with Crippen LogP contribution in [-0.4, -0.2) is 49.6 Å². The third kappa shape index (κ3) is 3.80. The second kappa shape index (κ2) is 6.36. The molecule has 0 unspecified atom stereocenters. The van der Waals surface area contributed by atoms with E-state index < -0.39 is 27.5 Å². The molecule has 0 saturated carbocycles. The van der Waals surface area contributed by atoms with Crippen LogP contribution in [0.2, 0.25) is 0 Å². The van der Waals surface area contributed by atoms with Crippen LogP contribution in [0.25, 0.3) is 0 Å². The minimum Gasteiger partial charge on any atom is -0.478 e. The number of carbonyl (C=O) groups is 2. The van der Waals surface area contributed by atoms with Gasteiger partial charge >= 0.3 is 5.97 Å². The maximum absolute atomic E-state index is 12.1. The molecule has 1 amide bonds. The zero-order valence-electron chi connectivity index (χ0n) is 11.0. The number of halogens is 1. The Kier molecular flexibility index (Phi) is 5.29. The quantitative estimate of drug-likeness (QED) is 0.853. The Bertz CT molecular complexity index is 641. The van der Waals surface area contributed by atoms with Crippen molar-refractivity contribution in [3.05, 3.63) is 28.2 Å². The van der Waals surface area contributed by atoms with Crippen molar-refractivity contribution in [2.45, 2.75) is 11.8 Å². The van der Waals surface area contributed by atoms with Gasteiger partial charge in [0.1, 0.15) is 5.75 Å². The topological polar surface area (TPSA) is 91.8 Å². The average molecular weight is 364 g/mol. The second-order valence-electron chi connectivity index (χ2n) is 4.11. The fraction of sp³-hybridized carbons (Fsp3) is 0.333. The third-order valence-corrected chi connectivity index (χ3v) is 5.03. The third-order valence-electron chi connectivity index (χ3n) is 2.74. The lowest BCUT2D eigenvalue weighted by Gasteiger charge is -2.14. The van der Waals surface area contributed by atoms with E-state index in [-0.39, 0.29) is 14.9 Å². The summed E-state index contributed by atoms with van der Waals surface area (Å²) in [4.78, 5) is 23.7. The van der Waals surface area contributed by atoms with Crippen molar-refractivity contribution >= 4 is 37.6 Å². The molecule has 0 atom stereocenters. The number of rotatable bonds is 5. The summed E-state index contributed by atoms with van der Waals surface area (Å²) in [6.45, 7) is 2.13. The molecule has 1 N–H and O–H groups in total. The summed E-state index contributed by atoms with van der Waals surface area (Å²) in [5.41, 5.74) is -0.164. The molecule has 0 aliphatic rings. The first-order chi connectivity index (χ1) is 9.19. The Morgan fingerprint density at radius 1 is 1.35 bits per heavy atom. The summed E-state index contributed by atoms with van der Waals surface area (Å²) in [5.74, 6) is -2.46. The molecule has 0 bridgehead atoms. The van der Waals surface area contributed by atoms with E-state index in [0.717, 1.165) is 6.07 Å². The number of sulfone groups is 1. The summed E-state index contributed by atoms with van der Waals surface area (Å²) in [6.07, 6.45) is 0. The van der Waals surface area contributed by atoms with E-state index in [1.54, 1.807) is 6.92 Å². The second-order valence-corrected chi connectivity index (χ2v) is 6.96. The van der Waals surface area contributed by atoms with E-state index in [1.807, 2.05) is 0 Å². The van der Waals surface area contributed by atoms with Crippen molar-refractivity contribution in [2.24, 2.45) is 0 Å². The number of carbonyl (C=O) groups excluding carboxylic acids is 1. The molecule has 0 saturated heterocycles. The molecule has 1 aromatic carbocycles. The molecule has 6 nitrogen and oxygen atoms in total. The Labute approximate surface area is 125 Å². The smallest absolute Gasteiger partial charge is 0.336 e. The summed E-state index contributed by atoms with van der Waals surface area (Å²) in [6, 6.07) is 3.65. The van der Waals surface area contributed by atoms with Gasteiger partial charge in [0, 0.05) is 18.1 Å². The van der Waals surface area contributed by atoms with Crippen LogP contribution in [0.3, 0.4) is 0 Å². The van der Waals surface area contributed by atoms with Crippen LogP contribution >= 0.6 is 15.9 Å². The van der Waals surface area contributed by atoms with Gasteiger partial charge in [0.2, 0.25) is 5.91 Å². The molecule has 20 heavy (non-hydrogen) atoms. The van der Waals surface area contributed by atoms with Gasteiger partial charge in [0.25, 0.3) is 0 Å². The number of hydrogen-bond acceptors (Lipinski definition) is 4. The number of amides is 1. The van der Waals surface area contributed by atoms with Crippen molar-refractivity contribution < 1.29 is 23.1 Å². The van der Waals surface area contributed by atoms with E-state index in [1.165, 1.54) is 24.1 Å². The van der Waals surface area contributed by atoms with E-state index in [0.29, 0.717) is 6.54 Å². The van der Waals surface area contributed by atoms with Crippen LogP contribution in [0.1, 0.15) is 17.3 Å². The van der Waals surface area contributed by atoms with Crippen molar-refractivity contribution in [1.29, 1.82) is 0 Å². The molecule has 1 rings (SSSR count). The van der Waals surface area contributed by atoms with Gasteiger partial charge in [0.15, 0.2) is 9.84 Å². The zero-order chi connectivity index (χ0) is 15.5. The number of hydrogen-bond donors (Lipinski definition) is 1. The predicted octanol–water partition coefficient (Wildman–Crippen LogP) is 1.40. The lowest BCUT2D eigenvalue weighted by Crippen LogP contribution is -2.32. The van der Waals surface area contributed by atoms with Gasteiger partial charge in [-0.2, -0.15) is 0 Å². The largest absolute Gasteiger partial charge is 0.478 e. The lowest BCUT2D eigenvalue weighted by molar-refractivity contribution is -0.126. The van der Waals surface area contributed by atoms with Gasteiger partial charge < -0.3 is 10.0 Å². The van der Waals surface area contributed by atoms with Crippen LogP contribution in [0.5, 0.6) is 0 Å². The molecule has 0 fully saturated rings. The number of aromatic carboxylic acids is 1. The molecule has 1 aromatic rings. The molecule has 0 spiro atoms. The van der Waals surface area contributed by atoms with Crippen molar-refractivity contribution in [3.63, 3.8) is 0 Å². The first-order valence-electron chi connectivity index (χ1n) is 5.68. The molecule has 0 aromatic heterocycles. The summed E-state index contributed by atoms with van der Waals surface area (Å²) in [5, 5.41) is 8.96. The number of benzene rings is 1. The molecule has 8 heteroatoms. The maximum atomic E-state index is 12.1. The Balaban J connectivity index is 3.14. The zero-order valence-corrected chi connectivity index (χ0v) is 13.4. The fourth-order valence-electron chi connectivity index (χ4n) is 1.39. The Morgan fingerprint density at radius 3 is 2.45 bits per heavy atom. The van der Waals surface area contributed by atoms with Crippen molar-refractivity contribution in [2.75, 3.05) is 19.3 Å². The number of nitrogens with zero attached hydrogens (tertiary/aromatic N) is 1. The van der Waals surface area contributed by atoms with Crippen LogP contribution in [0, 0.1) is 0 Å². The van der Waals surface area contributed by atoms with Crippen molar-refractivity contribution in [3.8, 4) is 0 Å². The summed E-state index contributed by atoms with van der Waals surface area (Å²) < 4.78 is 24.5. The lowest BCUT2D eigenvalue weighted by atomic mass is 10.2. The first kappa shape index (κ1) is 16.6. The van der Waals surface area contributed by atoms with Gasteiger partial charge in [-0.15, -0.1) is 0 Å². The van der Waals surface area contributed by atoms with Crippen LogP contribution in [-0.2, 0) is 14.6 Å². The highest BCUT2D eigenvalue weighted by atomic mass is 79.9. The van der Waals surface area contributed by atoms with Gasteiger partial charge in [-0.25, -0.2) is 13.2 Å².